The summed E-state index contributed by atoms with van der Waals surface area (Å²) in [7, 11) is 0. The Bertz CT molecular complexity index is 752. The maximum Gasteiger partial charge on any atom is 0.188 e. The molecule has 20 heavy (non-hydrogen) atoms. The van der Waals surface area contributed by atoms with Crippen LogP contribution in [0.3, 0.4) is 0 Å². The smallest absolute Gasteiger partial charge is 0.188 e. The van der Waals surface area contributed by atoms with Crippen molar-refractivity contribution in [3.8, 4) is 29.5 Å². The second-order valence-corrected chi connectivity index (χ2v) is 4.47. The van der Waals surface area contributed by atoms with Crippen molar-refractivity contribution in [2.24, 2.45) is 0 Å². The number of nitrogens with one attached hydrogen (secondary N) is 1. The van der Waals surface area contributed by atoms with Gasteiger partial charge in [-0.15, -0.1) is 11.3 Å². The molecule has 1 heterocycles. The van der Waals surface area contributed by atoms with E-state index in [0.717, 1.165) is 11.3 Å². The fourth-order valence-corrected chi connectivity index (χ4v) is 2.19. The van der Waals surface area contributed by atoms with Crippen molar-refractivity contribution < 1.29 is 0 Å². The van der Waals surface area contributed by atoms with E-state index >= 15 is 0 Å². The van der Waals surface area contributed by atoms with E-state index in [4.69, 9.17) is 15.8 Å². The molecule has 1 aromatic carbocycles. The van der Waals surface area contributed by atoms with Gasteiger partial charge in [-0.3, -0.25) is 0 Å². The van der Waals surface area contributed by atoms with Crippen LogP contribution in [0.4, 0.5) is 5.13 Å². The van der Waals surface area contributed by atoms with E-state index in [9.17, 15) is 0 Å². The van der Waals surface area contributed by atoms with E-state index in [0.29, 0.717) is 5.13 Å². The third-order valence-corrected chi connectivity index (χ3v) is 3.15. The Kier molecular flexibility index (Phi) is 4.09. The van der Waals surface area contributed by atoms with E-state index in [1.165, 1.54) is 11.3 Å². The monoisotopic (exact) mass is 277 g/mol. The minimum Gasteiger partial charge on any atom is -0.321 e. The average molecular weight is 277 g/mol. The Morgan fingerprint density at radius 1 is 1.05 bits per heavy atom. The van der Waals surface area contributed by atoms with Gasteiger partial charge in [-0.05, 0) is 0 Å². The first-order valence-corrected chi connectivity index (χ1v) is 6.39. The third kappa shape index (κ3) is 2.81. The zero-order valence-corrected chi connectivity index (χ0v) is 11.0. The summed E-state index contributed by atoms with van der Waals surface area (Å²) in [6.45, 7) is 0. The Morgan fingerprint density at radius 3 is 2.35 bits per heavy atom. The van der Waals surface area contributed by atoms with Crippen LogP contribution in [0.5, 0.6) is 0 Å². The molecule has 94 valence electrons. The van der Waals surface area contributed by atoms with E-state index < -0.39 is 0 Å². The van der Waals surface area contributed by atoms with Gasteiger partial charge in [-0.1, -0.05) is 30.3 Å². The molecule has 0 amide bonds. The van der Waals surface area contributed by atoms with Crippen molar-refractivity contribution in [2.45, 2.75) is 0 Å². The lowest BCUT2D eigenvalue weighted by Gasteiger charge is -1.99. The Labute approximate surface area is 119 Å². The molecule has 1 aromatic heterocycles. The van der Waals surface area contributed by atoms with Crippen LogP contribution in [0.2, 0.25) is 0 Å². The highest BCUT2D eigenvalue weighted by Gasteiger charge is 2.09. The fourth-order valence-electron chi connectivity index (χ4n) is 1.46. The number of benzene rings is 1. The number of nitrogens with zero attached hydrogens (tertiary/aromatic N) is 4. The predicted octanol–water partition coefficient (Wildman–Crippen LogP) is 3.05. The Balaban J connectivity index is 2.28. The van der Waals surface area contributed by atoms with E-state index in [-0.39, 0.29) is 11.3 Å². The van der Waals surface area contributed by atoms with Crippen molar-refractivity contribution in [3.05, 3.63) is 47.0 Å². The van der Waals surface area contributed by atoms with Crippen molar-refractivity contribution >= 4 is 16.5 Å². The first-order valence-electron chi connectivity index (χ1n) is 5.51. The molecule has 0 aliphatic heterocycles. The van der Waals surface area contributed by atoms with Gasteiger partial charge >= 0.3 is 0 Å². The maximum absolute atomic E-state index is 8.95. The normalized spacial score (nSPS) is 8.85. The van der Waals surface area contributed by atoms with Gasteiger partial charge in [0, 0.05) is 10.9 Å². The maximum atomic E-state index is 8.95. The van der Waals surface area contributed by atoms with Crippen molar-refractivity contribution in [2.75, 3.05) is 5.32 Å². The summed E-state index contributed by atoms with van der Waals surface area (Å²) in [5, 5.41) is 31.5. The Hall–Kier alpha value is -3.14. The van der Waals surface area contributed by atoms with Crippen LogP contribution >= 0.6 is 11.3 Å². The molecule has 2 rings (SSSR count). The van der Waals surface area contributed by atoms with Gasteiger partial charge in [0.2, 0.25) is 0 Å². The van der Waals surface area contributed by atoms with Crippen LogP contribution in [0, 0.1) is 34.0 Å². The zero-order valence-electron chi connectivity index (χ0n) is 10.2. The molecule has 0 fully saturated rings. The van der Waals surface area contributed by atoms with Crippen LogP contribution in [0.15, 0.2) is 47.0 Å². The molecule has 0 saturated heterocycles. The van der Waals surface area contributed by atoms with Crippen LogP contribution in [0.25, 0.3) is 11.3 Å². The molecular weight excluding hydrogens is 270 g/mol. The molecule has 0 atom stereocenters. The lowest BCUT2D eigenvalue weighted by Crippen LogP contribution is -2.00. The van der Waals surface area contributed by atoms with Gasteiger partial charge in [-0.2, -0.15) is 15.8 Å². The van der Waals surface area contributed by atoms with Crippen molar-refractivity contribution in [1.82, 2.24) is 4.98 Å². The highest BCUT2D eigenvalue weighted by molar-refractivity contribution is 7.14. The number of aromatic nitrogens is 1. The largest absolute Gasteiger partial charge is 0.321 e. The van der Waals surface area contributed by atoms with Crippen LogP contribution in [-0.2, 0) is 0 Å². The van der Waals surface area contributed by atoms with Gasteiger partial charge < -0.3 is 5.32 Å². The summed E-state index contributed by atoms with van der Waals surface area (Å²) < 4.78 is 0. The molecule has 0 aliphatic carbocycles. The number of allylic oxidation sites excluding steroid dienone is 2. The molecule has 0 bridgehead atoms. The number of anilines is 1. The third-order valence-electron chi connectivity index (χ3n) is 2.39. The van der Waals surface area contributed by atoms with Gasteiger partial charge in [0.15, 0.2) is 10.7 Å². The van der Waals surface area contributed by atoms with Crippen LogP contribution in [-0.4, -0.2) is 4.98 Å². The first-order chi connectivity index (χ1) is 9.78. The predicted molar refractivity (Wildman–Crippen MR) is 75.0 cm³/mol. The number of nitriles is 3. The number of thiazole rings is 1. The molecule has 6 heteroatoms. The number of hydrogen-bond donors (Lipinski definition) is 1. The first kappa shape index (κ1) is 13.3. The average Bonchev–Trinajstić information content (AvgIpc) is 2.97. The van der Waals surface area contributed by atoms with E-state index in [2.05, 4.69) is 10.3 Å². The summed E-state index contributed by atoms with van der Waals surface area (Å²) >= 11 is 1.30. The molecule has 0 saturated carbocycles. The molecule has 1 N–H and O–H groups in total. The highest BCUT2D eigenvalue weighted by Crippen LogP contribution is 2.25. The summed E-state index contributed by atoms with van der Waals surface area (Å²) in [5.74, 6) is 0. The van der Waals surface area contributed by atoms with Crippen molar-refractivity contribution in [3.63, 3.8) is 0 Å². The minimum absolute atomic E-state index is 0.0936. The highest BCUT2D eigenvalue weighted by atomic mass is 32.1. The summed E-state index contributed by atoms with van der Waals surface area (Å²) in [6, 6.07) is 14.7. The van der Waals surface area contributed by atoms with Gasteiger partial charge in [0.25, 0.3) is 0 Å². The van der Waals surface area contributed by atoms with Gasteiger partial charge in [0.05, 0.1) is 5.69 Å². The summed E-state index contributed by atoms with van der Waals surface area (Å²) in [4.78, 5) is 4.32. The quantitative estimate of drug-likeness (QED) is 0.870. The molecule has 0 aliphatic rings. The second kappa shape index (κ2) is 6.15. The molecule has 0 radical (unpaired) electrons. The van der Waals surface area contributed by atoms with Crippen LogP contribution in [0.1, 0.15) is 0 Å². The SMILES string of the molecule is N#CC(C#N)=C(C#N)Nc1nc(-c2ccccc2)cs1. The van der Waals surface area contributed by atoms with Gasteiger partial charge in [0.1, 0.15) is 23.9 Å². The Morgan fingerprint density at radius 2 is 1.75 bits per heavy atom. The summed E-state index contributed by atoms with van der Waals surface area (Å²) in [5.41, 5.74) is 1.37. The molecule has 0 spiro atoms. The molecule has 5 nitrogen and oxygen atoms in total. The minimum atomic E-state index is -0.260. The molecule has 2 aromatic rings. The van der Waals surface area contributed by atoms with E-state index in [1.54, 1.807) is 18.2 Å². The standard InChI is InChI=1S/C14H7N5S/c15-6-11(7-16)12(8-17)18-14-19-13(9-20-14)10-4-2-1-3-5-10/h1-5,9H,(H,18,19). The summed E-state index contributed by atoms with van der Waals surface area (Å²) in [6.07, 6.45) is 0. The van der Waals surface area contributed by atoms with Crippen molar-refractivity contribution in [1.29, 1.82) is 15.8 Å². The van der Waals surface area contributed by atoms with Gasteiger partial charge in [-0.25, -0.2) is 4.98 Å². The lowest BCUT2D eigenvalue weighted by atomic mass is 10.2. The second-order valence-electron chi connectivity index (χ2n) is 3.61. The molecule has 0 unspecified atom stereocenters. The van der Waals surface area contributed by atoms with E-state index in [1.807, 2.05) is 35.7 Å². The fraction of sp³-hybridized carbons (Fsp3) is 0. The zero-order chi connectivity index (χ0) is 14.4. The molecular formula is C14H7N5S. The number of rotatable bonds is 3. The van der Waals surface area contributed by atoms with Crippen LogP contribution < -0.4 is 5.32 Å². The topological polar surface area (TPSA) is 96.3 Å². The lowest BCUT2D eigenvalue weighted by molar-refractivity contribution is 1.33. The number of hydrogen-bond acceptors (Lipinski definition) is 6.